The highest BCUT2D eigenvalue weighted by atomic mass is 32.2. The van der Waals surface area contributed by atoms with Crippen LogP contribution in [0.2, 0.25) is 0 Å². The Bertz CT molecular complexity index is 546. The van der Waals surface area contributed by atoms with Gasteiger partial charge in [-0.1, -0.05) is 12.1 Å². The van der Waals surface area contributed by atoms with Crippen molar-refractivity contribution in [2.45, 2.75) is 24.5 Å². The fourth-order valence-electron chi connectivity index (χ4n) is 1.42. The van der Waals surface area contributed by atoms with E-state index in [1.165, 1.54) is 17.4 Å². The van der Waals surface area contributed by atoms with Gasteiger partial charge in [-0.2, -0.15) is 0 Å². The molecule has 2 rings (SSSR count). The van der Waals surface area contributed by atoms with E-state index < -0.39 is 16.6 Å². The first-order valence-corrected chi connectivity index (χ1v) is 7.27. The van der Waals surface area contributed by atoms with Crippen LogP contribution in [0.5, 0.6) is 0 Å². The number of thiazole rings is 1. The molecular weight excluding hydrogens is 257 g/mol. The summed E-state index contributed by atoms with van der Waals surface area (Å²) in [5.74, 6) is -0.142. The predicted molar refractivity (Wildman–Crippen MR) is 68.1 cm³/mol. The van der Waals surface area contributed by atoms with Crippen molar-refractivity contribution in [3.63, 3.8) is 0 Å². The number of hydrogen-bond acceptors (Lipinski definition) is 3. The van der Waals surface area contributed by atoms with Gasteiger partial charge in [0.05, 0.1) is 27.1 Å². The highest BCUT2D eigenvalue weighted by Gasteiger charge is 2.12. The average Bonchev–Trinajstić information content (AvgIpc) is 2.58. The molecule has 0 bridgehead atoms. The van der Waals surface area contributed by atoms with Crippen molar-refractivity contribution >= 4 is 22.1 Å². The van der Waals surface area contributed by atoms with Crippen LogP contribution in [0.4, 0.5) is 4.39 Å². The number of hydrogen-bond donors (Lipinski definition) is 0. The third-order valence-corrected chi connectivity index (χ3v) is 5.02. The van der Waals surface area contributed by atoms with E-state index in [1.807, 2.05) is 13.8 Å². The second-order valence-corrected chi connectivity index (χ2v) is 6.38. The number of rotatable bonds is 3. The Hall–Kier alpha value is -1.07. The highest BCUT2D eigenvalue weighted by Crippen LogP contribution is 2.21. The van der Waals surface area contributed by atoms with Gasteiger partial charge in [0, 0.05) is 4.88 Å². The second kappa shape index (κ2) is 5.06. The van der Waals surface area contributed by atoms with E-state index in [1.54, 1.807) is 18.2 Å². The normalized spacial score (nSPS) is 12.6. The van der Waals surface area contributed by atoms with Gasteiger partial charge in [-0.15, -0.1) is 11.3 Å². The van der Waals surface area contributed by atoms with Crippen molar-refractivity contribution in [2.24, 2.45) is 0 Å². The van der Waals surface area contributed by atoms with Crippen LogP contribution in [0.1, 0.15) is 15.6 Å². The number of aromatic nitrogens is 1. The minimum atomic E-state index is -1.37. The molecule has 2 nitrogen and oxygen atoms in total. The molecular formula is C12H12FNOS2. The fourth-order valence-corrected chi connectivity index (χ4v) is 3.67. The lowest BCUT2D eigenvalue weighted by atomic mass is 10.3. The minimum Gasteiger partial charge on any atom is -0.254 e. The maximum absolute atomic E-state index is 13.4. The summed E-state index contributed by atoms with van der Waals surface area (Å²) in [4.78, 5) is 5.67. The van der Waals surface area contributed by atoms with Gasteiger partial charge in [0.1, 0.15) is 10.8 Å². The first-order chi connectivity index (χ1) is 8.08. The Balaban J connectivity index is 2.20. The lowest BCUT2D eigenvalue weighted by Gasteiger charge is -2.00. The summed E-state index contributed by atoms with van der Waals surface area (Å²) in [6.07, 6.45) is 0. The summed E-state index contributed by atoms with van der Waals surface area (Å²) in [6, 6.07) is 6.16. The van der Waals surface area contributed by atoms with Gasteiger partial charge in [0.25, 0.3) is 0 Å². The molecule has 1 atom stereocenters. The fraction of sp³-hybridized carbons (Fsp3) is 0.250. The molecule has 1 heterocycles. The van der Waals surface area contributed by atoms with Crippen LogP contribution >= 0.6 is 11.3 Å². The standard InChI is InChI=1S/C12H12FNOS2/c1-8-9(2)16-12(14-8)7-17(15)11-6-4-3-5-10(11)13/h3-6H,7H2,1-2H3. The van der Waals surface area contributed by atoms with Crippen LogP contribution in [0, 0.1) is 19.7 Å². The van der Waals surface area contributed by atoms with Gasteiger partial charge in [0.15, 0.2) is 0 Å². The summed E-state index contributed by atoms with van der Waals surface area (Å²) in [5.41, 5.74) is 0.954. The van der Waals surface area contributed by atoms with E-state index in [0.717, 1.165) is 15.6 Å². The summed E-state index contributed by atoms with van der Waals surface area (Å²) >= 11 is 1.52. The number of benzene rings is 1. The highest BCUT2D eigenvalue weighted by molar-refractivity contribution is 7.84. The monoisotopic (exact) mass is 269 g/mol. The van der Waals surface area contributed by atoms with Crippen LogP contribution in [0.3, 0.4) is 0 Å². The van der Waals surface area contributed by atoms with Crippen LogP contribution < -0.4 is 0 Å². The summed E-state index contributed by atoms with van der Waals surface area (Å²) in [6.45, 7) is 3.89. The van der Waals surface area contributed by atoms with Crippen molar-refractivity contribution in [2.75, 3.05) is 0 Å². The van der Waals surface area contributed by atoms with Gasteiger partial charge < -0.3 is 0 Å². The average molecular weight is 269 g/mol. The SMILES string of the molecule is Cc1nc(CS(=O)c2ccccc2F)sc1C. The van der Waals surface area contributed by atoms with Crippen molar-refractivity contribution in [1.29, 1.82) is 0 Å². The molecule has 5 heteroatoms. The molecule has 0 fully saturated rings. The Morgan fingerprint density at radius 2 is 2.06 bits per heavy atom. The molecule has 0 amide bonds. The molecule has 2 aromatic rings. The molecule has 1 unspecified atom stereocenters. The van der Waals surface area contributed by atoms with Gasteiger partial charge in [-0.25, -0.2) is 9.37 Å². The maximum atomic E-state index is 13.4. The summed E-state index contributed by atoms with van der Waals surface area (Å²) in [7, 11) is -1.37. The van der Waals surface area contributed by atoms with Crippen molar-refractivity contribution in [3.05, 3.63) is 45.7 Å². The molecule has 17 heavy (non-hydrogen) atoms. The van der Waals surface area contributed by atoms with E-state index in [9.17, 15) is 8.60 Å². The zero-order chi connectivity index (χ0) is 12.4. The number of aryl methyl sites for hydroxylation is 2. The molecule has 0 saturated heterocycles. The van der Waals surface area contributed by atoms with Gasteiger partial charge in [-0.05, 0) is 26.0 Å². The van der Waals surface area contributed by atoms with Gasteiger partial charge in [-0.3, -0.25) is 4.21 Å². The van der Waals surface area contributed by atoms with Crippen LogP contribution in [0.25, 0.3) is 0 Å². The number of nitrogens with zero attached hydrogens (tertiary/aromatic N) is 1. The molecule has 1 aromatic carbocycles. The van der Waals surface area contributed by atoms with Crippen LogP contribution in [-0.4, -0.2) is 9.19 Å². The summed E-state index contributed by atoms with van der Waals surface area (Å²) < 4.78 is 25.4. The summed E-state index contributed by atoms with van der Waals surface area (Å²) in [5, 5.41) is 0.793. The quantitative estimate of drug-likeness (QED) is 0.856. The predicted octanol–water partition coefficient (Wildman–Crippen LogP) is 3.21. The van der Waals surface area contributed by atoms with E-state index in [-0.39, 0.29) is 10.6 Å². The van der Waals surface area contributed by atoms with Gasteiger partial charge >= 0.3 is 0 Å². The van der Waals surface area contributed by atoms with E-state index in [2.05, 4.69) is 4.98 Å². The molecule has 0 spiro atoms. The number of halogens is 1. The molecule has 0 aliphatic rings. The Labute approximate surface area is 106 Å². The zero-order valence-corrected chi connectivity index (χ0v) is 11.2. The zero-order valence-electron chi connectivity index (χ0n) is 9.57. The first kappa shape index (κ1) is 12.4. The van der Waals surface area contributed by atoms with Crippen molar-refractivity contribution in [1.82, 2.24) is 4.98 Å². The van der Waals surface area contributed by atoms with E-state index in [4.69, 9.17) is 0 Å². The van der Waals surface area contributed by atoms with E-state index in [0.29, 0.717) is 0 Å². The molecule has 0 aliphatic carbocycles. The molecule has 0 aliphatic heterocycles. The Morgan fingerprint density at radius 1 is 1.35 bits per heavy atom. The topological polar surface area (TPSA) is 30.0 Å². The Kier molecular flexibility index (Phi) is 3.69. The van der Waals surface area contributed by atoms with Crippen LogP contribution in [0.15, 0.2) is 29.2 Å². The smallest absolute Gasteiger partial charge is 0.139 e. The molecule has 90 valence electrons. The second-order valence-electron chi connectivity index (χ2n) is 3.67. The maximum Gasteiger partial charge on any atom is 0.139 e. The van der Waals surface area contributed by atoms with Gasteiger partial charge in [0.2, 0.25) is 0 Å². The molecule has 0 N–H and O–H groups in total. The lowest BCUT2D eigenvalue weighted by molar-refractivity contribution is 0.595. The lowest BCUT2D eigenvalue weighted by Crippen LogP contribution is -1.98. The third kappa shape index (κ3) is 2.79. The Morgan fingerprint density at radius 3 is 2.65 bits per heavy atom. The largest absolute Gasteiger partial charge is 0.254 e. The van der Waals surface area contributed by atoms with Crippen LogP contribution in [-0.2, 0) is 16.6 Å². The third-order valence-electron chi connectivity index (χ3n) is 2.41. The molecule has 0 saturated carbocycles. The van der Waals surface area contributed by atoms with E-state index >= 15 is 0 Å². The first-order valence-electron chi connectivity index (χ1n) is 5.13. The molecule has 0 radical (unpaired) electrons. The minimum absolute atomic E-state index is 0.248. The van der Waals surface area contributed by atoms with Crippen molar-refractivity contribution < 1.29 is 8.60 Å². The molecule has 1 aromatic heterocycles. The van der Waals surface area contributed by atoms with Crippen molar-refractivity contribution in [3.8, 4) is 0 Å².